The van der Waals surface area contributed by atoms with E-state index in [0.717, 1.165) is 6.20 Å². The Morgan fingerprint density at radius 3 is 3.12 bits per heavy atom. The minimum Gasteiger partial charge on any atom is -0.393 e. The fourth-order valence-electron chi connectivity index (χ4n) is 1.89. The summed E-state index contributed by atoms with van der Waals surface area (Å²) in [4.78, 5) is 17.4. The molecule has 0 bridgehead atoms. The minimum absolute atomic E-state index is 0.199. The topological polar surface area (TPSA) is 53.4 Å². The quantitative estimate of drug-likeness (QED) is 0.861. The van der Waals surface area contributed by atoms with E-state index in [-0.39, 0.29) is 5.91 Å². The molecule has 17 heavy (non-hydrogen) atoms. The zero-order valence-corrected chi connectivity index (χ0v) is 9.69. The first-order chi connectivity index (χ1) is 8.11. The van der Waals surface area contributed by atoms with Crippen LogP contribution in [-0.2, 0) is 6.54 Å². The Labute approximate surface area is 99.1 Å². The van der Waals surface area contributed by atoms with Crippen molar-refractivity contribution in [2.45, 2.75) is 32.4 Å². The van der Waals surface area contributed by atoms with Gasteiger partial charge >= 0.3 is 0 Å². The second-order valence-corrected chi connectivity index (χ2v) is 4.23. The predicted octanol–water partition coefficient (Wildman–Crippen LogP) is 1.34. The summed E-state index contributed by atoms with van der Waals surface area (Å²) in [5.41, 5.74) is 0.957. The van der Waals surface area contributed by atoms with E-state index in [2.05, 4.69) is 4.98 Å². The van der Waals surface area contributed by atoms with Crippen molar-refractivity contribution in [3.8, 4) is 0 Å². The van der Waals surface area contributed by atoms with Crippen molar-refractivity contribution in [2.75, 3.05) is 6.54 Å². The zero-order valence-electron chi connectivity index (χ0n) is 9.69. The summed E-state index contributed by atoms with van der Waals surface area (Å²) in [7, 11) is 0. The maximum absolute atomic E-state index is 13.0. The molecule has 0 spiro atoms. The van der Waals surface area contributed by atoms with Crippen LogP contribution in [0.5, 0.6) is 0 Å². The number of pyridine rings is 1. The summed E-state index contributed by atoms with van der Waals surface area (Å²) in [5.74, 6) is -0.692. The smallest absolute Gasteiger partial charge is 0.256 e. The Morgan fingerprint density at radius 2 is 2.41 bits per heavy atom. The highest BCUT2D eigenvalue weighted by Crippen LogP contribution is 2.21. The van der Waals surface area contributed by atoms with Gasteiger partial charge in [-0.3, -0.25) is 9.78 Å². The van der Waals surface area contributed by atoms with Gasteiger partial charge in [-0.1, -0.05) is 6.92 Å². The summed E-state index contributed by atoms with van der Waals surface area (Å²) < 4.78 is 13.0. The van der Waals surface area contributed by atoms with Crippen molar-refractivity contribution >= 4 is 5.91 Å². The summed E-state index contributed by atoms with van der Waals surface area (Å²) >= 11 is 0. The monoisotopic (exact) mass is 238 g/mol. The molecular formula is C12H15FN2O2. The molecule has 1 aromatic rings. The van der Waals surface area contributed by atoms with Crippen molar-refractivity contribution in [3.05, 3.63) is 29.3 Å². The predicted molar refractivity (Wildman–Crippen MR) is 59.9 cm³/mol. The fraction of sp³-hybridized carbons (Fsp3) is 0.500. The Bertz CT molecular complexity index is 437. The largest absolute Gasteiger partial charge is 0.393 e. The van der Waals surface area contributed by atoms with Gasteiger partial charge in [-0.2, -0.15) is 0 Å². The fourth-order valence-corrected chi connectivity index (χ4v) is 1.89. The van der Waals surface area contributed by atoms with Crippen molar-refractivity contribution in [1.82, 2.24) is 9.88 Å². The number of rotatable bonds is 4. The van der Waals surface area contributed by atoms with Crippen LogP contribution in [0.4, 0.5) is 4.39 Å². The number of nitrogens with zero attached hydrogens (tertiary/aromatic N) is 2. The van der Waals surface area contributed by atoms with Gasteiger partial charge < -0.3 is 10.0 Å². The number of carbonyl (C=O) groups is 1. The van der Waals surface area contributed by atoms with Crippen LogP contribution in [0.15, 0.2) is 12.3 Å². The molecule has 2 rings (SSSR count). The molecule has 1 aliphatic rings. The molecule has 2 heterocycles. The highest BCUT2D eigenvalue weighted by atomic mass is 19.1. The van der Waals surface area contributed by atoms with E-state index in [1.807, 2.05) is 6.92 Å². The Balaban J connectivity index is 2.04. The van der Waals surface area contributed by atoms with E-state index in [1.165, 1.54) is 6.07 Å². The summed E-state index contributed by atoms with van der Waals surface area (Å²) in [6.07, 6.45) is 1.94. The van der Waals surface area contributed by atoms with E-state index in [0.29, 0.717) is 37.2 Å². The van der Waals surface area contributed by atoms with Crippen LogP contribution in [0.3, 0.4) is 0 Å². The van der Waals surface area contributed by atoms with Gasteiger partial charge in [0.05, 0.1) is 30.1 Å². The van der Waals surface area contributed by atoms with Gasteiger partial charge in [0.1, 0.15) is 5.82 Å². The molecule has 0 radical (unpaired) electrons. The average molecular weight is 238 g/mol. The number of carbonyl (C=O) groups excluding carboxylic acids is 1. The number of aromatic nitrogens is 1. The van der Waals surface area contributed by atoms with Crippen LogP contribution in [0.1, 0.15) is 35.8 Å². The molecule has 92 valence electrons. The van der Waals surface area contributed by atoms with Gasteiger partial charge in [-0.25, -0.2) is 4.39 Å². The third-order valence-electron chi connectivity index (χ3n) is 3.00. The minimum atomic E-state index is -0.493. The molecule has 0 saturated carbocycles. The van der Waals surface area contributed by atoms with Crippen molar-refractivity contribution in [3.63, 3.8) is 0 Å². The van der Waals surface area contributed by atoms with Crippen molar-refractivity contribution in [2.24, 2.45) is 0 Å². The highest BCUT2D eigenvalue weighted by molar-refractivity contribution is 5.97. The summed E-state index contributed by atoms with van der Waals surface area (Å²) in [6, 6.07) is 1.22. The first-order valence-corrected chi connectivity index (χ1v) is 5.73. The van der Waals surface area contributed by atoms with Crippen LogP contribution in [-0.4, -0.2) is 33.5 Å². The number of fused-ring (bicyclic) bond motifs is 1. The molecule has 0 fully saturated rings. The molecule has 0 aliphatic carbocycles. The highest BCUT2D eigenvalue weighted by Gasteiger charge is 2.28. The molecule has 0 aromatic carbocycles. The summed E-state index contributed by atoms with van der Waals surface area (Å²) in [6.45, 7) is 2.78. The van der Waals surface area contributed by atoms with Crippen LogP contribution in [0.25, 0.3) is 0 Å². The number of aliphatic hydroxyl groups excluding tert-OH is 1. The number of hydrogen-bond donors (Lipinski definition) is 1. The molecular weight excluding hydrogens is 223 g/mol. The number of amides is 1. The third kappa shape index (κ3) is 2.44. The number of halogens is 1. The lowest BCUT2D eigenvalue weighted by Crippen LogP contribution is -2.27. The first kappa shape index (κ1) is 12.0. The Hall–Kier alpha value is -1.49. The SMILES string of the molecule is CCC(O)CCN1Cc2ncc(F)cc2C1=O. The molecule has 4 nitrogen and oxygen atoms in total. The van der Waals surface area contributed by atoms with E-state index >= 15 is 0 Å². The lowest BCUT2D eigenvalue weighted by Gasteiger charge is -2.16. The Morgan fingerprint density at radius 1 is 1.65 bits per heavy atom. The van der Waals surface area contributed by atoms with Gasteiger partial charge in [-0.15, -0.1) is 0 Å². The first-order valence-electron chi connectivity index (χ1n) is 5.73. The molecule has 5 heteroatoms. The van der Waals surface area contributed by atoms with Crippen LogP contribution in [0.2, 0.25) is 0 Å². The molecule has 1 amide bonds. The second-order valence-electron chi connectivity index (χ2n) is 4.23. The molecule has 1 aliphatic heterocycles. The lowest BCUT2D eigenvalue weighted by atomic mass is 10.2. The van der Waals surface area contributed by atoms with Gasteiger partial charge in [0.25, 0.3) is 5.91 Å². The summed E-state index contributed by atoms with van der Waals surface area (Å²) in [5, 5.41) is 9.45. The molecule has 1 atom stereocenters. The number of hydrogen-bond acceptors (Lipinski definition) is 3. The third-order valence-corrected chi connectivity index (χ3v) is 3.00. The van der Waals surface area contributed by atoms with Gasteiger partial charge in [0.2, 0.25) is 0 Å². The second kappa shape index (κ2) is 4.79. The van der Waals surface area contributed by atoms with Crippen molar-refractivity contribution in [1.29, 1.82) is 0 Å². The van der Waals surface area contributed by atoms with E-state index in [4.69, 9.17) is 0 Å². The maximum Gasteiger partial charge on any atom is 0.256 e. The van der Waals surface area contributed by atoms with Crippen LogP contribution < -0.4 is 0 Å². The Kier molecular flexibility index (Phi) is 3.38. The van der Waals surface area contributed by atoms with Crippen LogP contribution >= 0.6 is 0 Å². The average Bonchev–Trinajstić information content (AvgIpc) is 2.63. The molecule has 0 saturated heterocycles. The van der Waals surface area contributed by atoms with E-state index < -0.39 is 11.9 Å². The van der Waals surface area contributed by atoms with Crippen molar-refractivity contribution < 1.29 is 14.3 Å². The normalized spacial score (nSPS) is 16.2. The molecule has 1 N–H and O–H groups in total. The lowest BCUT2D eigenvalue weighted by molar-refractivity contribution is 0.0736. The standard InChI is InChI=1S/C12H15FN2O2/c1-2-9(16)3-4-15-7-11-10(12(15)17)5-8(13)6-14-11/h5-6,9,16H,2-4,7H2,1H3. The van der Waals surface area contributed by atoms with Gasteiger partial charge in [0.15, 0.2) is 0 Å². The molecule has 1 aromatic heterocycles. The van der Waals surface area contributed by atoms with Gasteiger partial charge in [-0.05, 0) is 18.9 Å². The zero-order chi connectivity index (χ0) is 12.4. The number of aliphatic hydroxyl groups is 1. The van der Waals surface area contributed by atoms with E-state index in [9.17, 15) is 14.3 Å². The van der Waals surface area contributed by atoms with Crippen LogP contribution in [0, 0.1) is 5.82 Å². The van der Waals surface area contributed by atoms with E-state index in [1.54, 1.807) is 4.90 Å². The maximum atomic E-state index is 13.0. The molecule has 1 unspecified atom stereocenters. The van der Waals surface area contributed by atoms with Gasteiger partial charge in [0, 0.05) is 6.54 Å².